The van der Waals surface area contributed by atoms with E-state index in [0.29, 0.717) is 17.7 Å². The maximum absolute atomic E-state index is 11.9. The molecular formula is C14H13NO3S. The molecule has 0 aliphatic carbocycles. The van der Waals surface area contributed by atoms with Crippen molar-refractivity contribution in [1.82, 2.24) is 0 Å². The van der Waals surface area contributed by atoms with Crippen molar-refractivity contribution in [2.45, 2.75) is 12.8 Å². The molecule has 0 bridgehead atoms. The van der Waals surface area contributed by atoms with Crippen LogP contribution in [-0.2, 0) is 11.2 Å². The molecule has 0 atom stereocenters. The van der Waals surface area contributed by atoms with Crippen molar-refractivity contribution in [3.63, 3.8) is 0 Å². The molecule has 19 heavy (non-hydrogen) atoms. The zero-order valence-corrected chi connectivity index (χ0v) is 10.9. The van der Waals surface area contributed by atoms with Gasteiger partial charge in [-0.1, -0.05) is 12.1 Å². The summed E-state index contributed by atoms with van der Waals surface area (Å²) in [6.45, 7) is 0. The minimum Gasteiger partial charge on any atom is -0.481 e. The molecule has 1 amide bonds. The van der Waals surface area contributed by atoms with Crippen LogP contribution in [-0.4, -0.2) is 17.0 Å². The summed E-state index contributed by atoms with van der Waals surface area (Å²) in [6.07, 6.45) is 0.541. The maximum atomic E-state index is 11.9. The number of hydrogen-bond donors (Lipinski definition) is 2. The molecule has 1 heterocycles. The molecule has 1 aromatic heterocycles. The molecule has 1 aromatic carbocycles. The summed E-state index contributed by atoms with van der Waals surface area (Å²) in [6, 6.07) is 9.00. The number of carboxylic acids is 1. The molecule has 0 aliphatic rings. The summed E-state index contributed by atoms with van der Waals surface area (Å²) < 4.78 is 0. The molecule has 0 unspecified atom stereocenters. The number of carbonyl (C=O) groups is 2. The average Bonchev–Trinajstić information content (AvgIpc) is 2.91. The van der Waals surface area contributed by atoms with Gasteiger partial charge in [0.05, 0.1) is 5.56 Å². The minimum absolute atomic E-state index is 0.0852. The quantitative estimate of drug-likeness (QED) is 0.881. The number of rotatable bonds is 5. The highest BCUT2D eigenvalue weighted by Gasteiger charge is 2.06. The van der Waals surface area contributed by atoms with Gasteiger partial charge in [-0.2, -0.15) is 11.3 Å². The lowest BCUT2D eigenvalue weighted by Gasteiger charge is -2.06. The van der Waals surface area contributed by atoms with E-state index < -0.39 is 5.97 Å². The zero-order valence-electron chi connectivity index (χ0n) is 10.1. The summed E-state index contributed by atoms with van der Waals surface area (Å²) in [5, 5.41) is 15.1. The summed E-state index contributed by atoms with van der Waals surface area (Å²) in [7, 11) is 0. The molecule has 0 saturated carbocycles. The maximum Gasteiger partial charge on any atom is 0.303 e. The molecule has 0 saturated heterocycles. The smallest absolute Gasteiger partial charge is 0.303 e. The Morgan fingerprint density at radius 3 is 2.79 bits per heavy atom. The molecule has 4 nitrogen and oxygen atoms in total. The van der Waals surface area contributed by atoms with E-state index in [4.69, 9.17) is 5.11 Å². The fraction of sp³-hybridized carbons (Fsp3) is 0.143. The van der Waals surface area contributed by atoms with Gasteiger partial charge in [0.2, 0.25) is 0 Å². The Morgan fingerprint density at radius 1 is 1.26 bits per heavy atom. The van der Waals surface area contributed by atoms with Crippen LogP contribution in [0.3, 0.4) is 0 Å². The second-order valence-corrected chi connectivity index (χ2v) is 4.84. The number of hydrogen-bond acceptors (Lipinski definition) is 3. The molecular weight excluding hydrogens is 262 g/mol. The molecule has 2 aromatic rings. The normalized spacial score (nSPS) is 10.1. The lowest BCUT2D eigenvalue weighted by Crippen LogP contribution is -2.10. The number of thiophene rings is 1. The summed E-state index contributed by atoms with van der Waals surface area (Å²) in [5.41, 5.74) is 2.20. The van der Waals surface area contributed by atoms with E-state index in [2.05, 4.69) is 5.32 Å². The van der Waals surface area contributed by atoms with Crippen LogP contribution in [0.1, 0.15) is 22.3 Å². The van der Waals surface area contributed by atoms with Crippen molar-refractivity contribution in [3.8, 4) is 0 Å². The summed E-state index contributed by atoms with van der Waals surface area (Å²) in [5.74, 6) is -0.982. The number of anilines is 1. The highest BCUT2D eigenvalue weighted by molar-refractivity contribution is 7.08. The topological polar surface area (TPSA) is 66.4 Å². The van der Waals surface area contributed by atoms with Gasteiger partial charge >= 0.3 is 5.97 Å². The predicted molar refractivity (Wildman–Crippen MR) is 74.7 cm³/mol. The van der Waals surface area contributed by atoms with E-state index >= 15 is 0 Å². The molecule has 2 N–H and O–H groups in total. The standard InChI is InChI=1S/C14H13NO3S/c16-13(17)5-4-10-2-1-3-12(8-10)15-14(18)11-6-7-19-9-11/h1-3,6-9H,4-5H2,(H,15,18)(H,16,17). The number of aliphatic carboxylic acids is 1. The second-order valence-electron chi connectivity index (χ2n) is 4.06. The fourth-order valence-electron chi connectivity index (χ4n) is 1.65. The average molecular weight is 275 g/mol. The first kappa shape index (κ1) is 13.3. The Labute approximate surface area is 114 Å². The largest absolute Gasteiger partial charge is 0.481 e. The Bertz CT molecular complexity index is 578. The van der Waals surface area contributed by atoms with E-state index in [1.807, 2.05) is 11.4 Å². The molecule has 2 rings (SSSR count). The first-order valence-electron chi connectivity index (χ1n) is 5.79. The van der Waals surface area contributed by atoms with Crippen LogP contribution in [0.15, 0.2) is 41.1 Å². The van der Waals surface area contributed by atoms with Crippen LogP contribution in [0.25, 0.3) is 0 Å². The van der Waals surface area contributed by atoms with E-state index in [9.17, 15) is 9.59 Å². The number of carbonyl (C=O) groups excluding carboxylic acids is 1. The molecule has 0 radical (unpaired) electrons. The summed E-state index contributed by atoms with van der Waals surface area (Å²) >= 11 is 1.47. The van der Waals surface area contributed by atoms with Crippen LogP contribution < -0.4 is 5.32 Å². The Balaban J connectivity index is 2.02. The lowest BCUT2D eigenvalue weighted by atomic mass is 10.1. The monoisotopic (exact) mass is 275 g/mol. The van der Waals surface area contributed by atoms with Gasteiger partial charge in [-0.3, -0.25) is 9.59 Å². The van der Waals surface area contributed by atoms with Crippen LogP contribution in [0.5, 0.6) is 0 Å². The van der Waals surface area contributed by atoms with Crippen LogP contribution in [0, 0.1) is 0 Å². The van der Waals surface area contributed by atoms with Crippen molar-refractivity contribution in [3.05, 3.63) is 52.2 Å². The van der Waals surface area contributed by atoms with Crippen molar-refractivity contribution >= 4 is 28.9 Å². The van der Waals surface area contributed by atoms with E-state index in [0.717, 1.165) is 5.56 Å². The number of amides is 1. The van der Waals surface area contributed by atoms with Crippen LogP contribution in [0.4, 0.5) is 5.69 Å². The number of aryl methyl sites for hydroxylation is 1. The number of nitrogens with one attached hydrogen (secondary N) is 1. The van der Waals surface area contributed by atoms with Gasteiger partial charge in [-0.15, -0.1) is 0 Å². The first-order valence-corrected chi connectivity index (χ1v) is 6.74. The van der Waals surface area contributed by atoms with E-state index in [1.165, 1.54) is 11.3 Å². The molecule has 5 heteroatoms. The lowest BCUT2D eigenvalue weighted by molar-refractivity contribution is -0.136. The SMILES string of the molecule is O=C(O)CCc1cccc(NC(=O)c2ccsc2)c1. The Morgan fingerprint density at radius 2 is 2.11 bits per heavy atom. The van der Waals surface area contributed by atoms with Gasteiger partial charge in [-0.25, -0.2) is 0 Å². The molecule has 0 spiro atoms. The fourth-order valence-corrected chi connectivity index (χ4v) is 2.29. The first-order chi connectivity index (χ1) is 9.15. The second kappa shape index (κ2) is 6.15. The zero-order chi connectivity index (χ0) is 13.7. The number of carboxylic acid groups (broad SMARTS) is 1. The van der Waals surface area contributed by atoms with Crippen molar-refractivity contribution < 1.29 is 14.7 Å². The van der Waals surface area contributed by atoms with Crippen molar-refractivity contribution in [1.29, 1.82) is 0 Å². The third kappa shape index (κ3) is 3.93. The van der Waals surface area contributed by atoms with E-state index in [-0.39, 0.29) is 12.3 Å². The summed E-state index contributed by atoms with van der Waals surface area (Å²) in [4.78, 5) is 22.4. The molecule has 98 valence electrons. The Hall–Kier alpha value is -2.14. The highest BCUT2D eigenvalue weighted by Crippen LogP contribution is 2.14. The minimum atomic E-state index is -0.826. The molecule has 0 aliphatic heterocycles. The van der Waals surface area contributed by atoms with Crippen molar-refractivity contribution in [2.24, 2.45) is 0 Å². The third-order valence-electron chi connectivity index (χ3n) is 2.60. The Kier molecular flexibility index (Phi) is 4.30. The highest BCUT2D eigenvalue weighted by atomic mass is 32.1. The van der Waals surface area contributed by atoms with Crippen LogP contribution in [0.2, 0.25) is 0 Å². The van der Waals surface area contributed by atoms with E-state index in [1.54, 1.807) is 29.6 Å². The van der Waals surface area contributed by atoms with Gasteiger partial charge in [0.25, 0.3) is 5.91 Å². The predicted octanol–water partition coefficient (Wildman–Crippen LogP) is 3.02. The third-order valence-corrected chi connectivity index (χ3v) is 3.28. The van der Waals surface area contributed by atoms with Crippen molar-refractivity contribution in [2.75, 3.05) is 5.32 Å². The van der Waals surface area contributed by atoms with Gasteiger partial charge in [0.1, 0.15) is 0 Å². The molecule has 0 fully saturated rings. The van der Waals surface area contributed by atoms with Gasteiger partial charge < -0.3 is 10.4 Å². The van der Waals surface area contributed by atoms with Gasteiger partial charge in [0.15, 0.2) is 0 Å². The van der Waals surface area contributed by atoms with Crippen LogP contribution >= 0.6 is 11.3 Å². The van der Waals surface area contributed by atoms with Gasteiger partial charge in [-0.05, 0) is 35.6 Å². The van der Waals surface area contributed by atoms with Gasteiger partial charge in [0, 0.05) is 17.5 Å². The number of benzene rings is 1.